The first-order chi connectivity index (χ1) is 13.8. The fourth-order valence-electron chi connectivity index (χ4n) is 3.22. The van der Waals surface area contributed by atoms with E-state index in [9.17, 15) is 9.59 Å². The number of hydrogen-bond acceptors (Lipinski definition) is 6. The number of benzene rings is 1. The molecule has 0 atom stereocenters. The minimum absolute atomic E-state index is 0.0653. The summed E-state index contributed by atoms with van der Waals surface area (Å²) in [5, 5.41) is 1.90. The minimum Gasteiger partial charge on any atom is -0.441 e. The van der Waals surface area contributed by atoms with Crippen molar-refractivity contribution in [2.24, 2.45) is 0 Å². The van der Waals surface area contributed by atoms with Gasteiger partial charge in [-0.25, -0.2) is 4.98 Å². The summed E-state index contributed by atoms with van der Waals surface area (Å²) in [4.78, 5) is 32.5. The Balaban J connectivity index is 1.74. The van der Waals surface area contributed by atoms with Gasteiger partial charge in [0.2, 0.25) is 0 Å². The molecule has 1 fully saturated rings. The van der Waals surface area contributed by atoms with Crippen LogP contribution in [0.3, 0.4) is 0 Å². The van der Waals surface area contributed by atoms with Crippen LogP contribution < -0.4 is 5.32 Å². The van der Waals surface area contributed by atoms with Crippen molar-refractivity contribution in [3.63, 3.8) is 0 Å². The molecule has 1 saturated heterocycles. The normalized spacial score (nSPS) is 16.1. The Morgan fingerprint density at radius 1 is 1.24 bits per heavy atom. The molecule has 3 heterocycles. The molecule has 0 aliphatic carbocycles. The highest BCUT2D eigenvalue weighted by molar-refractivity contribution is 8.18. The Hall–Kier alpha value is -2.93. The van der Waals surface area contributed by atoms with Crippen LogP contribution in [0.5, 0.6) is 0 Å². The number of oxazole rings is 1. The van der Waals surface area contributed by atoms with Crippen LogP contribution in [-0.4, -0.2) is 21.1 Å². The molecule has 3 aromatic rings. The van der Waals surface area contributed by atoms with E-state index in [2.05, 4.69) is 42.1 Å². The van der Waals surface area contributed by atoms with Crippen molar-refractivity contribution in [2.45, 2.75) is 39.5 Å². The average molecular weight is 407 g/mol. The van der Waals surface area contributed by atoms with E-state index in [4.69, 9.17) is 4.42 Å². The smallest absolute Gasteiger partial charge is 0.290 e. The highest BCUT2D eigenvalue weighted by atomic mass is 32.2. The van der Waals surface area contributed by atoms with Gasteiger partial charge in [-0.05, 0) is 53.4 Å². The molecule has 0 saturated carbocycles. The standard InChI is InChI=1S/C22H21N3O3S/c1-5-22(3,4)15-9-14(10-17-19(15)28-12(2)24-17)16-7-6-13(11-23-16)8-18-20(26)25-21(27)29-18/h6-11H,5H2,1-4H3,(H,25,26,27). The molecule has 1 aliphatic rings. The first-order valence-electron chi connectivity index (χ1n) is 9.40. The molecule has 6 nitrogen and oxygen atoms in total. The summed E-state index contributed by atoms with van der Waals surface area (Å²) < 4.78 is 5.88. The van der Waals surface area contributed by atoms with Gasteiger partial charge >= 0.3 is 0 Å². The van der Waals surface area contributed by atoms with Crippen molar-refractivity contribution in [3.8, 4) is 11.3 Å². The number of carbonyl (C=O) groups excluding carboxylic acids is 2. The molecular formula is C22H21N3O3S. The number of nitrogens with one attached hydrogen (secondary N) is 1. The number of nitrogens with zero attached hydrogens (tertiary/aromatic N) is 2. The number of amides is 2. The van der Waals surface area contributed by atoms with Gasteiger partial charge in [0.15, 0.2) is 11.5 Å². The van der Waals surface area contributed by atoms with Gasteiger partial charge in [0, 0.05) is 24.2 Å². The number of rotatable bonds is 4. The van der Waals surface area contributed by atoms with Crippen molar-refractivity contribution in [3.05, 3.63) is 52.4 Å². The quantitative estimate of drug-likeness (QED) is 0.598. The molecule has 148 valence electrons. The van der Waals surface area contributed by atoms with Crippen LogP contribution in [-0.2, 0) is 10.2 Å². The number of carbonyl (C=O) groups is 2. The number of thioether (sulfide) groups is 1. The monoisotopic (exact) mass is 407 g/mol. The molecule has 7 heteroatoms. The lowest BCUT2D eigenvalue weighted by atomic mass is 9.81. The fourth-order valence-corrected chi connectivity index (χ4v) is 3.90. The van der Waals surface area contributed by atoms with E-state index >= 15 is 0 Å². The molecule has 0 unspecified atom stereocenters. The summed E-state index contributed by atoms with van der Waals surface area (Å²) in [6.45, 7) is 8.39. The van der Waals surface area contributed by atoms with Crippen LogP contribution in [0.2, 0.25) is 0 Å². The molecule has 2 amide bonds. The second kappa shape index (κ2) is 7.15. The van der Waals surface area contributed by atoms with Crippen molar-refractivity contribution in [1.82, 2.24) is 15.3 Å². The first kappa shape index (κ1) is 19.4. The van der Waals surface area contributed by atoms with Crippen molar-refractivity contribution < 1.29 is 14.0 Å². The Labute approximate surface area is 172 Å². The van der Waals surface area contributed by atoms with Crippen molar-refractivity contribution in [1.29, 1.82) is 0 Å². The summed E-state index contributed by atoms with van der Waals surface area (Å²) >= 11 is 0.895. The number of hydrogen-bond donors (Lipinski definition) is 1. The third kappa shape index (κ3) is 3.70. The molecule has 0 radical (unpaired) electrons. The summed E-state index contributed by atoms with van der Waals surface area (Å²) in [7, 11) is 0. The third-order valence-electron chi connectivity index (χ3n) is 5.23. The van der Waals surface area contributed by atoms with Crippen LogP contribution in [0, 0.1) is 6.92 Å². The van der Waals surface area contributed by atoms with E-state index in [-0.39, 0.29) is 16.6 Å². The second-order valence-electron chi connectivity index (χ2n) is 7.67. The van der Waals surface area contributed by atoms with Gasteiger partial charge in [-0.1, -0.05) is 26.8 Å². The van der Waals surface area contributed by atoms with Crippen LogP contribution in [0.4, 0.5) is 4.79 Å². The largest absolute Gasteiger partial charge is 0.441 e. The predicted octanol–water partition coefficient (Wildman–Crippen LogP) is 5.21. The summed E-state index contributed by atoms with van der Waals surface area (Å²) in [6.07, 6.45) is 4.32. The highest BCUT2D eigenvalue weighted by Gasteiger charge is 2.26. The topological polar surface area (TPSA) is 85.1 Å². The number of imide groups is 1. The maximum atomic E-state index is 11.7. The molecule has 2 aromatic heterocycles. The minimum atomic E-state index is -0.373. The average Bonchev–Trinajstić information content (AvgIpc) is 3.21. The highest BCUT2D eigenvalue weighted by Crippen LogP contribution is 2.36. The van der Waals surface area contributed by atoms with Gasteiger partial charge in [-0.15, -0.1) is 0 Å². The van der Waals surface area contributed by atoms with E-state index in [1.165, 1.54) is 0 Å². The lowest BCUT2D eigenvalue weighted by Crippen LogP contribution is -2.17. The van der Waals surface area contributed by atoms with E-state index in [0.29, 0.717) is 10.8 Å². The predicted molar refractivity (Wildman–Crippen MR) is 114 cm³/mol. The fraction of sp³-hybridized carbons (Fsp3) is 0.273. The molecule has 1 N–H and O–H groups in total. The summed E-state index contributed by atoms with van der Waals surface area (Å²) in [5.41, 5.74) is 5.22. The second-order valence-corrected chi connectivity index (χ2v) is 8.69. The number of aromatic nitrogens is 2. The molecular weight excluding hydrogens is 386 g/mol. The molecule has 4 rings (SSSR count). The molecule has 0 bridgehead atoms. The number of pyridine rings is 1. The zero-order chi connectivity index (χ0) is 20.8. The first-order valence-corrected chi connectivity index (χ1v) is 10.2. The Morgan fingerprint density at radius 2 is 2.03 bits per heavy atom. The Bertz CT molecular complexity index is 1160. The molecule has 1 aromatic carbocycles. The van der Waals surface area contributed by atoms with E-state index < -0.39 is 0 Å². The Kier molecular flexibility index (Phi) is 4.78. The molecule has 29 heavy (non-hydrogen) atoms. The van der Waals surface area contributed by atoms with Gasteiger partial charge in [-0.3, -0.25) is 19.9 Å². The zero-order valence-electron chi connectivity index (χ0n) is 16.7. The number of fused-ring (bicyclic) bond motifs is 1. The van der Waals surface area contributed by atoms with Gasteiger partial charge in [0.1, 0.15) is 5.52 Å². The van der Waals surface area contributed by atoms with Gasteiger partial charge in [0.25, 0.3) is 11.1 Å². The van der Waals surface area contributed by atoms with Gasteiger partial charge < -0.3 is 4.42 Å². The Morgan fingerprint density at radius 3 is 2.66 bits per heavy atom. The maximum absolute atomic E-state index is 11.7. The number of aryl methyl sites for hydroxylation is 1. The SMILES string of the molecule is CCC(C)(C)c1cc(-c2ccc(C=C3SC(=O)NC3=O)cn2)cc2nc(C)oc12. The lowest BCUT2D eigenvalue weighted by molar-refractivity contribution is -0.115. The van der Waals surface area contributed by atoms with Gasteiger partial charge in [-0.2, -0.15) is 0 Å². The van der Waals surface area contributed by atoms with Crippen LogP contribution in [0.25, 0.3) is 28.4 Å². The zero-order valence-corrected chi connectivity index (χ0v) is 17.5. The van der Waals surface area contributed by atoms with Crippen LogP contribution >= 0.6 is 11.8 Å². The van der Waals surface area contributed by atoms with E-state index in [0.717, 1.165) is 51.7 Å². The molecule has 0 spiro atoms. The maximum Gasteiger partial charge on any atom is 0.290 e. The molecule has 1 aliphatic heterocycles. The lowest BCUT2D eigenvalue weighted by Gasteiger charge is -2.23. The van der Waals surface area contributed by atoms with Crippen LogP contribution in [0.15, 0.2) is 39.8 Å². The summed E-state index contributed by atoms with van der Waals surface area (Å²) in [6, 6.07) is 7.90. The third-order valence-corrected chi connectivity index (χ3v) is 6.04. The van der Waals surface area contributed by atoms with E-state index in [1.54, 1.807) is 12.3 Å². The van der Waals surface area contributed by atoms with Crippen molar-refractivity contribution >= 4 is 40.1 Å². The van der Waals surface area contributed by atoms with Crippen LogP contribution in [0.1, 0.15) is 44.2 Å². The van der Waals surface area contributed by atoms with Gasteiger partial charge in [0.05, 0.1) is 10.6 Å². The summed E-state index contributed by atoms with van der Waals surface area (Å²) in [5.74, 6) is 0.268. The van der Waals surface area contributed by atoms with E-state index in [1.807, 2.05) is 25.1 Å². The van der Waals surface area contributed by atoms with Crippen molar-refractivity contribution in [2.75, 3.05) is 0 Å².